The third-order valence-electron chi connectivity index (χ3n) is 2.13. The second kappa shape index (κ2) is 11.3. The molecule has 15 heavy (non-hydrogen) atoms. The normalized spacial score (nSPS) is 10.8. The predicted octanol–water partition coefficient (Wildman–Crippen LogP) is 3.86. The summed E-state index contributed by atoms with van der Waals surface area (Å²) in [5.41, 5.74) is 0. The van der Waals surface area contributed by atoms with Gasteiger partial charge in [-0.05, 0) is 25.7 Å². The summed E-state index contributed by atoms with van der Waals surface area (Å²) in [6, 6.07) is 0. The molecule has 0 radical (unpaired) electrons. The van der Waals surface area contributed by atoms with Crippen LogP contribution in [-0.2, 0) is 9.53 Å². The number of esters is 1. The molecular formula is C13H24O2. The van der Waals surface area contributed by atoms with Crippen molar-refractivity contribution in [1.82, 2.24) is 0 Å². The van der Waals surface area contributed by atoms with E-state index in [4.69, 9.17) is 4.74 Å². The van der Waals surface area contributed by atoms with Crippen molar-refractivity contribution in [2.45, 2.75) is 58.8 Å². The molecule has 0 unspecified atom stereocenters. The van der Waals surface area contributed by atoms with Gasteiger partial charge in [-0.25, -0.2) is 0 Å². The second-order valence-electron chi connectivity index (χ2n) is 3.73. The molecule has 0 saturated carbocycles. The van der Waals surface area contributed by atoms with E-state index in [0.29, 0.717) is 13.0 Å². The van der Waals surface area contributed by atoms with Crippen molar-refractivity contribution >= 4 is 5.97 Å². The highest BCUT2D eigenvalue weighted by molar-refractivity contribution is 5.69. The van der Waals surface area contributed by atoms with E-state index in [9.17, 15) is 4.79 Å². The molecule has 0 fully saturated rings. The topological polar surface area (TPSA) is 26.3 Å². The van der Waals surface area contributed by atoms with Crippen molar-refractivity contribution in [3.8, 4) is 0 Å². The number of hydrogen-bond acceptors (Lipinski definition) is 2. The molecule has 0 atom stereocenters. The van der Waals surface area contributed by atoms with Gasteiger partial charge >= 0.3 is 5.97 Å². The first-order valence-electron chi connectivity index (χ1n) is 6.11. The molecule has 0 aromatic rings. The van der Waals surface area contributed by atoms with Gasteiger partial charge in [-0.15, -0.1) is 0 Å². The minimum Gasteiger partial charge on any atom is -0.466 e. The molecule has 88 valence electrons. The summed E-state index contributed by atoms with van der Waals surface area (Å²) in [6.07, 6.45) is 11.2. The monoisotopic (exact) mass is 212 g/mol. The lowest BCUT2D eigenvalue weighted by atomic mass is 10.2. The van der Waals surface area contributed by atoms with Gasteiger partial charge in [0.05, 0.1) is 6.61 Å². The Morgan fingerprint density at radius 3 is 2.47 bits per heavy atom. The number of allylic oxidation sites excluding steroid dienone is 2. The SMILES string of the molecule is CCC/C=C\CCCOC(=O)CCCC. The van der Waals surface area contributed by atoms with Crippen LogP contribution in [0, 0.1) is 0 Å². The summed E-state index contributed by atoms with van der Waals surface area (Å²) in [5.74, 6) is -0.0469. The molecule has 0 aliphatic rings. The fraction of sp³-hybridized carbons (Fsp3) is 0.769. The maximum atomic E-state index is 11.1. The van der Waals surface area contributed by atoms with Crippen molar-refractivity contribution in [3.63, 3.8) is 0 Å². The Balaban J connectivity index is 3.19. The van der Waals surface area contributed by atoms with Gasteiger partial charge in [-0.1, -0.05) is 38.8 Å². The van der Waals surface area contributed by atoms with E-state index in [1.807, 2.05) is 0 Å². The quantitative estimate of drug-likeness (QED) is 0.329. The summed E-state index contributed by atoms with van der Waals surface area (Å²) < 4.78 is 5.08. The number of carbonyl (C=O) groups is 1. The van der Waals surface area contributed by atoms with Crippen LogP contribution in [-0.4, -0.2) is 12.6 Å². The fourth-order valence-corrected chi connectivity index (χ4v) is 1.18. The molecule has 0 aliphatic heterocycles. The Morgan fingerprint density at radius 1 is 1.07 bits per heavy atom. The number of hydrogen-bond donors (Lipinski definition) is 0. The highest BCUT2D eigenvalue weighted by Gasteiger charge is 1.99. The van der Waals surface area contributed by atoms with Crippen LogP contribution >= 0.6 is 0 Å². The van der Waals surface area contributed by atoms with Gasteiger partial charge in [0.15, 0.2) is 0 Å². The first-order chi connectivity index (χ1) is 7.31. The zero-order chi connectivity index (χ0) is 11.4. The Labute approximate surface area is 93.7 Å². The molecule has 0 bridgehead atoms. The third-order valence-corrected chi connectivity index (χ3v) is 2.13. The Bertz CT molecular complexity index is 173. The van der Waals surface area contributed by atoms with Gasteiger partial charge in [0.25, 0.3) is 0 Å². The van der Waals surface area contributed by atoms with Gasteiger partial charge in [0.1, 0.15) is 0 Å². The van der Waals surface area contributed by atoms with E-state index in [1.54, 1.807) is 0 Å². The van der Waals surface area contributed by atoms with Gasteiger partial charge in [0.2, 0.25) is 0 Å². The molecule has 0 saturated heterocycles. The van der Waals surface area contributed by atoms with E-state index in [-0.39, 0.29) is 5.97 Å². The molecule has 0 aromatic carbocycles. The molecule has 0 aliphatic carbocycles. The van der Waals surface area contributed by atoms with Crippen LogP contribution in [0.1, 0.15) is 58.8 Å². The standard InChI is InChI=1S/C13H24O2/c1-3-5-7-8-9-10-12-15-13(14)11-6-4-2/h7-8H,3-6,9-12H2,1-2H3/b8-7-. The van der Waals surface area contributed by atoms with Gasteiger partial charge in [-0.3, -0.25) is 4.79 Å². The predicted molar refractivity (Wildman–Crippen MR) is 63.8 cm³/mol. The summed E-state index contributed by atoms with van der Waals surface area (Å²) in [6.45, 7) is 4.81. The average Bonchev–Trinajstić information content (AvgIpc) is 2.25. The van der Waals surface area contributed by atoms with Crippen molar-refractivity contribution in [3.05, 3.63) is 12.2 Å². The molecule has 0 rings (SSSR count). The summed E-state index contributed by atoms with van der Waals surface area (Å²) in [5, 5.41) is 0. The molecule has 2 heteroatoms. The lowest BCUT2D eigenvalue weighted by Gasteiger charge is -2.02. The zero-order valence-corrected chi connectivity index (χ0v) is 10.1. The van der Waals surface area contributed by atoms with Crippen molar-refractivity contribution < 1.29 is 9.53 Å². The van der Waals surface area contributed by atoms with E-state index in [2.05, 4.69) is 26.0 Å². The number of rotatable bonds is 9. The lowest BCUT2D eigenvalue weighted by molar-refractivity contribution is -0.143. The van der Waals surface area contributed by atoms with Crippen molar-refractivity contribution in [2.75, 3.05) is 6.61 Å². The van der Waals surface area contributed by atoms with Crippen LogP contribution in [0.15, 0.2) is 12.2 Å². The molecule has 0 spiro atoms. The number of unbranched alkanes of at least 4 members (excludes halogenated alkanes) is 3. The minimum atomic E-state index is -0.0469. The molecule has 0 N–H and O–H groups in total. The van der Waals surface area contributed by atoms with Crippen molar-refractivity contribution in [2.24, 2.45) is 0 Å². The van der Waals surface area contributed by atoms with Crippen LogP contribution in [0.3, 0.4) is 0 Å². The number of ether oxygens (including phenoxy) is 1. The molecule has 0 amide bonds. The van der Waals surface area contributed by atoms with Gasteiger partial charge in [0, 0.05) is 6.42 Å². The van der Waals surface area contributed by atoms with E-state index >= 15 is 0 Å². The minimum absolute atomic E-state index is 0.0469. The highest BCUT2D eigenvalue weighted by Crippen LogP contribution is 1.99. The van der Waals surface area contributed by atoms with E-state index in [0.717, 1.165) is 32.1 Å². The maximum absolute atomic E-state index is 11.1. The van der Waals surface area contributed by atoms with Crippen LogP contribution in [0.5, 0.6) is 0 Å². The lowest BCUT2D eigenvalue weighted by Crippen LogP contribution is -2.05. The van der Waals surface area contributed by atoms with E-state index in [1.165, 1.54) is 6.42 Å². The zero-order valence-electron chi connectivity index (χ0n) is 10.1. The molecule has 2 nitrogen and oxygen atoms in total. The molecular weight excluding hydrogens is 188 g/mol. The summed E-state index contributed by atoms with van der Waals surface area (Å²) in [7, 11) is 0. The first-order valence-corrected chi connectivity index (χ1v) is 6.11. The molecule has 0 heterocycles. The van der Waals surface area contributed by atoms with Crippen LogP contribution < -0.4 is 0 Å². The summed E-state index contributed by atoms with van der Waals surface area (Å²) >= 11 is 0. The Kier molecular flexibility index (Phi) is 10.7. The average molecular weight is 212 g/mol. The Morgan fingerprint density at radius 2 is 1.80 bits per heavy atom. The third kappa shape index (κ3) is 11.1. The second-order valence-corrected chi connectivity index (χ2v) is 3.73. The Hall–Kier alpha value is -0.790. The van der Waals surface area contributed by atoms with Gasteiger partial charge in [-0.2, -0.15) is 0 Å². The van der Waals surface area contributed by atoms with Crippen LogP contribution in [0.2, 0.25) is 0 Å². The molecule has 0 aromatic heterocycles. The maximum Gasteiger partial charge on any atom is 0.305 e. The largest absolute Gasteiger partial charge is 0.466 e. The van der Waals surface area contributed by atoms with Crippen LogP contribution in [0.25, 0.3) is 0 Å². The first kappa shape index (κ1) is 14.2. The summed E-state index contributed by atoms with van der Waals surface area (Å²) in [4.78, 5) is 11.1. The van der Waals surface area contributed by atoms with Gasteiger partial charge < -0.3 is 4.74 Å². The van der Waals surface area contributed by atoms with Crippen molar-refractivity contribution in [1.29, 1.82) is 0 Å². The fourth-order valence-electron chi connectivity index (χ4n) is 1.18. The van der Waals surface area contributed by atoms with Crippen LogP contribution in [0.4, 0.5) is 0 Å². The van der Waals surface area contributed by atoms with E-state index < -0.39 is 0 Å². The highest BCUT2D eigenvalue weighted by atomic mass is 16.5. The smallest absolute Gasteiger partial charge is 0.305 e. The number of carbonyl (C=O) groups excluding carboxylic acids is 1.